The molecule has 1 atom stereocenters. The van der Waals surface area contributed by atoms with Gasteiger partial charge in [0, 0.05) is 13.0 Å². The topological polar surface area (TPSA) is 96.2 Å². The molecular formula is C11H10N4O3. The van der Waals surface area contributed by atoms with Gasteiger partial charge in [-0.25, -0.2) is 9.97 Å². The highest BCUT2D eigenvalue weighted by Crippen LogP contribution is 2.23. The third-order valence-electron chi connectivity index (χ3n) is 2.69. The SMILES string of the molecule is COC(=O)C1CC(=O)N(c2cnc(C#N)cn2)C1. The van der Waals surface area contributed by atoms with Crippen molar-refractivity contribution >= 4 is 17.7 Å². The molecular weight excluding hydrogens is 236 g/mol. The summed E-state index contributed by atoms with van der Waals surface area (Å²) in [6.45, 7) is 0.228. The van der Waals surface area contributed by atoms with Gasteiger partial charge in [-0.3, -0.25) is 14.5 Å². The standard InChI is InChI=1S/C11H10N4O3/c1-18-11(17)7-2-10(16)15(6-7)9-5-13-8(3-12)4-14-9/h4-5,7H,2,6H2,1H3. The molecule has 1 saturated heterocycles. The molecule has 1 amide bonds. The second kappa shape index (κ2) is 4.79. The predicted octanol–water partition coefficient (Wildman–Crippen LogP) is -0.126. The largest absolute Gasteiger partial charge is 0.469 e. The maximum absolute atomic E-state index is 11.7. The zero-order chi connectivity index (χ0) is 13.1. The second-order valence-electron chi connectivity index (χ2n) is 3.80. The monoisotopic (exact) mass is 246 g/mol. The molecule has 1 unspecified atom stereocenters. The number of amides is 1. The van der Waals surface area contributed by atoms with Gasteiger partial charge in [0.15, 0.2) is 11.5 Å². The van der Waals surface area contributed by atoms with Crippen LogP contribution in [0.4, 0.5) is 5.82 Å². The number of hydrogen-bond acceptors (Lipinski definition) is 6. The maximum Gasteiger partial charge on any atom is 0.311 e. The molecule has 1 aromatic rings. The summed E-state index contributed by atoms with van der Waals surface area (Å²) in [6, 6.07) is 1.84. The number of esters is 1. The van der Waals surface area contributed by atoms with E-state index in [0.717, 1.165) is 0 Å². The van der Waals surface area contributed by atoms with Gasteiger partial charge in [-0.2, -0.15) is 5.26 Å². The van der Waals surface area contributed by atoms with Crippen LogP contribution in [0.2, 0.25) is 0 Å². The highest BCUT2D eigenvalue weighted by molar-refractivity contribution is 5.98. The van der Waals surface area contributed by atoms with Gasteiger partial charge in [0.05, 0.1) is 25.4 Å². The van der Waals surface area contributed by atoms with Gasteiger partial charge < -0.3 is 4.74 Å². The highest BCUT2D eigenvalue weighted by atomic mass is 16.5. The normalized spacial score (nSPS) is 18.6. The van der Waals surface area contributed by atoms with Crippen LogP contribution in [-0.2, 0) is 14.3 Å². The molecule has 0 aromatic carbocycles. The molecule has 1 aliphatic rings. The van der Waals surface area contributed by atoms with Gasteiger partial charge in [0.25, 0.3) is 0 Å². The molecule has 0 N–H and O–H groups in total. The maximum atomic E-state index is 11.7. The average molecular weight is 246 g/mol. The molecule has 0 spiro atoms. The number of nitrogens with zero attached hydrogens (tertiary/aromatic N) is 4. The van der Waals surface area contributed by atoms with Gasteiger partial charge in [-0.1, -0.05) is 0 Å². The number of anilines is 1. The lowest BCUT2D eigenvalue weighted by Gasteiger charge is -2.14. The van der Waals surface area contributed by atoms with E-state index >= 15 is 0 Å². The summed E-state index contributed by atoms with van der Waals surface area (Å²) in [7, 11) is 1.29. The molecule has 92 valence electrons. The van der Waals surface area contributed by atoms with Gasteiger partial charge in [-0.05, 0) is 0 Å². The van der Waals surface area contributed by atoms with E-state index in [1.54, 1.807) is 0 Å². The lowest BCUT2D eigenvalue weighted by atomic mass is 10.1. The number of ether oxygens (including phenoxy) is 1. The summed E-state index contributed by atoms with van der Waals surface area (Å²) >= 11 is 0. The van der Waals surface area contributed by atoms with Crippen LogP contribution in [0.1, 0.15) is 12.1 Å². The van der Waals surface area contributed by atoms with E-state index in [0.29, 0.717) is 5.82 Å². The first-order chi connectivity index (χ1) is 8.65. The van der Waals surface area contributed by atoms with E-state index in [1.165, 1.54) is 24.4 Å². The van der Waals surface area contributed by atoms with Crippen LogP contribution >= 0.6 is 0 Å². The van der Waals surface area contributed by atoms with Gasteiger partial charge in [-0.15, -0.1) is 0 Å². The van der Waals surface area contributed by atoms with Crippen LogP contribution in [0.5, 0.6) is 0 Å². The fourth-order valence-corrected chi connectivity index (χ4v) is 1.77. The van der Waals surface area contributed by atoms with Crippen LogP contribution < -0.4 is 4.90 Å². The van der Waals surface area contributed by atoms with Crippen molar-refractivity contribution < 1.29 is 14.3 Å². The molecule has 2 rings (SSSR count). The number of methoxy groups -OCH3 is 1. The smallest absolute Gasteiger partial charge is 0.311 e. The second-order valence-corrected chi connectivity index (χ2v) is 3.80. The Labute approximate surface area is 103 Å². The highest BCUT2D eigenvalue weighted by Gasteiger charge is 2.36. The van der Waals surface area contributed by atoms with E-state index in [1.807, 2.05) is 6.07 Å². The lowest BCUT2D eigenvalue weighted by molar-refractivity contribution is -0.145. The zero-order valence-corrected chi connectivity index (χ0v) is 9.66. The van der Waals surface area contributed by atoms with Gasteiger partial charge in [0.1, 0.15) is 6.07 Å². The van der Waals surface area contributed by atoms with E-state index in [-0.39, 0.29) is 24.6 Å². The van der Waals surface area contributed by atoms with Crippen molar-refractivity contribution in [1.82, 2.24) is 9.97 Å². The van der Waals surface area contributed by atoms with Crippen molar-refractivity contribution in [2.75, 3.05) is 18.6 Å². The van der Waals surface area contributed by atoms with Gasteiger partial charge in [0.2, 0.25) is 5.91 Å². The fraction of sp³-hybridized carbons (Fsp3) is 0.364. The van der Waals surface area contributed by atoms with Crippen LogP contribution in [0.25, 0.3) is 0 Å². The third-order valence-corrected chi connectivity index (χ3v) is 2.69. The Kier molecular flexibility index (Phi) is 3.19. The molecule has 0 bridgehead atoms. The summed E-state index contributed by atoms with van der Waals surface area (Å²) in [6.07, 6.45) is 2.73. The quantitative estimate of drug-likeness (QED) is 0.674. The van der Waals surface area contributed by atoms with E-state index in [4.69, 9.17) is 5.26 Å². The van der Waals surface area contributed by atoms with Crippen molar-refractivity contribution in [3.8, 4) is 6.07 Å². The van der Waals surface area contributed by atoms with E-state index < -0.39 is 11.9 Å². The number of hydrogen-bond donors (Lipinski definition) is 0. The molecule has 1 fully saturated rings. The van der Waals surface area contributed by atoms with Crippen molar-refractivity contribution in [3.05, 3.63) is 18.1 Å². The molecule has 18 heavy (non-hydrogen) atoms. The first-order valence-corrected chi connectivity index (χ1v) is 5.26. The van der Waals surface area contributed by atoms with Crippen LogP contribution in [0, 0.1) is 17.2 Å². The number of rotatable bonds is 2. The Morgan fingerprint density at radius 1 is 1.56 bits per heavy atom. The minimum absolute atomic E-state index is 0.106. The number of nitriles is 1. The fourth-order valence-electron chi connectivity index (χ4n) is 1.77. The van der Waals surface area contributed by atoms with E-state index in [2.05, 4.69) is 14.7 Å². The summed E-state index contributed by atoms with van der Waals surface area (Å²) in [5.41, 5.74) is 0.176. The number of carbonyl (C=O) groups excluding carboxylic acids is 2. The van der Waals surface area contributed by atoms with E-state index in [9.17, 15) is 9.59 Å². The van der Waals surface area contributed by atoms with Crippen molar-refractivity contribution in [1.29, 1.82) is 5.26 Å². The summed E-state index contributed by atoms with van der Waals surface area (Å²) < 4.78 is 4.61. The Hall–Kier alpha value is -2.49. The van der Waals surface area contributed by atoms with Crippen molar-refractivity contribution in [2.24, 2.45) is 5.92 Å². The Morgan fingerprint density at radius 2 is 2.33 bits per heavy atom. The molecule has 1 aliphatic heterocycles. The zero-order valence-electron chi connectivity index (χ0n) is 9.66. The number of carbonyl (C=O) groups is 2. The summed E-state index contributed by atoms with van der Waals surface area (Å²) in [5.74, 6) is -0.748. The summed E-state index contributed by atoms with van der Waals surface area (Å²) in [5, 5.41) is 8.60. The molecule has 7 nitrogen and oxygen atoms in total. The molecule has 0 radical (unpaired) electrons. The summed E-state index contributed by atoms with van der Waals surface area (Å²) in [4.78, 5) is 32.3. The Morgan fingerprint density at radius 3 is 2.89 bits per heavy atom. The van der Waals surface area contributed by atoms with Crippen LogP contribution in [0.15, 0.2) is 12.4 Å². The minimum atomic E-state index is -0.472. The first-order valence-electron chi connectivity index (χ1n) is 5.26. The molecule has 7 heteroatoms. The van der Waals surface area contributed by atoms with Gasteiger partial charge >= 0.3 is 5.97 Å². The molecule has 2 heterocycles. The Balaban J connectivity index is 2.16. The first kappa shape index (κ1) is 12.0. The van der Waals surface area contributed by atoms with Crippen molar-refractivity contribution in [3.63, 3.8) is 0 Å². The molecule has 0 aliphatic carbocycles. The minimum Gasteiger partial charge on any atom is -0.469 e. The Bertz CT molecular complexity index is 520. The van der Waals surface area contributed by atoms with Crippen LogP contribution in [0.3, 0.4) is 0 Å². The predicted molar refractivity (Wildman–Crippen MR) is 59.2 cm³/mol. The average Bonchev–Trinajstić information content (AvgIpc) is 2.80. The lowest BCUT2D eigenvalue weighted by Crippen LogP contribution is -2.27. The molecule has 1 aromatic heterocycles. The molecule has 0 saturated carbocycles. The third kappa shape index (κ3) is 2.13. The van der Waals surface area contributed by atoms with Crippen molar-refractivity contribution in [2.45, 2.75) is 6.42 Å². The van der Waals surface area contributed by atoms with Crippen LogP contribution in [-0.4, -0.2) is 35.5 Å². The number of aromatic nitrogens is 2.